The number of carbonyl (C=O) groups excluding carboxylic acids is 1. The summed E-state index contributed by atoms with van der Waals surface area (Å²) >= 11 is 0. The number of carbonyl (C=O) groups is 1. The van der Waals surface area contributed by atoms with Crippen molar-refractivity contribution in [1.82, 2.24) is 4.90 Å². The molecule has 0 bridgehead atoms. The monoisotopic (exact) mass is 420 g/mol. The Morgan fingerprint density at radius 1 is 1.03 bits per heavy atom. The largest absolute Gasteiger partial charge is 0.459 e. The van der Waals surface area contributed by atoms with Gasteiger partial charge in [0, 0.05) is 18.5 Å². The molecule has 4 aromatic rings. The number of benzene rings is 2. The van der Waals surface area contributed by atoms with Crippen molar-refractivity contribution in [3.63, 3.8) is 0 Å². The van der Waals surface area contributed by atoms with Crippen molar-refractivity contribution in [3.8, 4) is 0 Å². The van der Waals surface area contributed by atoms with Gasteiger partial charge < -0.3 is 18.9 Å². The number of fused-ring (bicyclic) bond motifs is 1. The van der Waals surface area contributed by atoms with E-state index in [0.29, 0.717) is 43.3 Å². The number of nitrogens with zero attached hydrogens (tertiary/aromatic N) is 1. The Labute approximate surface area is 178 Å². The molecule has 1 N–H and O–H groups in total. The Morgan fingerprint density at radius 2 is 1.87 bits per heavy atom. The van der Waals surface area contributed by atoms with E-state index in [2.05, 4.69) is 10.2 Å². The average Bonchev–Trinajstić information content (AvgIpc) is 3.44. The Balaban J connectivity index is 1.65. The van der Waals surface area contributed by atoms with Crippen LogP contribution in [0.2, 0.25) is 0 Å². The molecule has 6 nitrogen and oxygen atoms in total. The van der Waals surface area contributed by atoms with Crippen LogP contribution in [-0.4, -0.2) is 37.1 Å². The maximum absolute atomic E-state index is 14.2. The minimum Gasteiger partial charge on any atom is -0.459 e. The zero-order chi connectivity index (χ0) is 21.2. The van der Waals surface area contributed by atoms with Crippen LogP contribution < -0.4 is 5.32 Å². The molecule has 5 rings (SSSR count). The van der Waals surface area contributed by atoms with Gasteiger partial charge in [0.15, 0.2) is 5.76 Å². The maximum atomic E-state index is 14.2. The Hall–Kier alpha value is -3.42. The summed E-state index contributed by atoms with van der Waals surface area (Å²) in [6, 6.07) is 16.8. The molecule has 1 fully saturated rings. The standard InChI is InChI=1S/C24H21FN2O4/c25-17-6-3-5-16(15-17)22(27-10-13-29-14-11-27)23-21(18-7-1-2-8-19(18)31-23)26-24(28)20-9-4-12-30-20/h1-9,12,15,22H,10-11,13-14H2,(H,26,28)/t22-/m1/s1. The number of hydrogen-bond acceptors (Lipinski definition) is 5. The van der Waals surface area contributed by atoms with Gasteiger partial charge >= 0.3 is 0 Å². The van der Waals surface area contributed by atoms with Crippen molar-refractivity contribution in [2.45, 2.75) is 6.04 Å². The van der Waals surface area contributed by atoms with Gasteiger partial charge in [-0.15, -0.1) is 0 Å². The number of morpholine rings is 1. The van der Waals surface area contributed by atoms with E-state index >= 15 is 0 Å². The summed E-state index contributed by atoms with van der Waals surface area (Å²) in [5.74, 6) is 0.0457. The molecular formula is C24H21FN2O4. The molecule has 0 unspecified atom stereocenters. The highest BCUT2D eigenvalue weighted by Gasteiger charge is 2.32. The highest BCUT2D eigenvalue weighted by atomic mass is 19.1. The van der Waals surface area contributed by atoms with E-state index in [0.717, 1.165) is 10.9 Å². The fourth-order valence-corrected chi connectivity index (χ4v) is 4.01. The second-order valence-electron chi connectivity index (χ2n) is 7.37. The quantitative estimate of drug-likeness (QED) is 0.500. The van der Waals surface area contributed by atoms with Gasteiger partial charge in [0.05, 0.1) is 31.2 Å². The van der Waals surface area contributed by atoms with E-state index in [1.54, 1.807) is 18.2 Å². The molecule has 2 aromatic heterocycles. The van der Waals surface area contributed by atoms with Gasteiger partial charge in [-0.25, -0.2) is 4.39 Å². The summed E-state index contributed by atoms with van der Waals surface area (Å²) in [5, 5.41) is 3.73. The summed E-state index contributed by atoms with van der Waals surface area (Å²) < 4.78 is 31.2. The first-order valence-electron chi connectivity index (χ1n) is 10.1. The van der Waals surface area contributed by atoms with E-state index < -0.39 is 0 Å². The van der Waals surface area contributed by atoms with Crippen molar-refractivity contribution in [2.75, 3.05) is 31.6 Å². The van der Waals surface area contributed by atoms with Crippen LogP contribution in [0, 0.1) is 5.82 Å². The van der Waals surface area contributed by atoms with Crippen LogP contribution >= 0.6 is 0 Å². The van der Waals surface area contributed by atoms with Crippen LogP contribution in [0.1, 0.15) is 27.9 Å². The molecule has 1 atom stereocenters. The molecule has 7 heteroatoms. The number of halogens is 1. The highest BCUT2D eigenvalue weighted by molar-refractivity contribution is 6.08. The lowest BCUT2D eigenvalue weighted by molar-refractivity contribution is 0.0205. The van der Waals surface area contributed by atoms with Gasteiger partial charge in [-0.05, 0) is 42.0 Å². The molecule has 1 saturated heterocycles. The zero-order valence-electron chi connectivity index (χ0n) is 16.7. The van der Waals surface area contributed by atoms with Crippen LogP contribution in [0.5, 0.6) is 0 Å². The van der Waals surface area contributed by atoms with Crippen LogP contribution in [0.4, 0.5) is 10.1 Å². The van der Waals surface area contributed by atoms with Crippen LogP contribution in [-0.2, 0) is 4.74 Å². The zero-order valence-corrected chi connectivity index (χ0v) is 16.7. The summed E-state index contributed by atoms with van der Waals surface area (Å²) in [4.78, 5) is 15.0. The number of hydrogen-bond donors (Lipinski definition) is 1. The molecule has 158 valence electrons. The van der Waals surface area contributed by atoms with E-state index in [1.807, 2.05) is 30.3 Å². The van der Waals surface area contributed by atoms with Gasteiger partial charge in [0.1, 0.15) is 17.2 Å². The smallest absolute Gasteiger partial charge is 0.291 e. The molecule has 31 heavy (non-hydrogen) atoms. The topological polar surface area (TPSA) is 67.9 Å². The molecule has 1 amide bonds. The number of furan rings is 2. The second kappa shape index (κ2) is 8.37. The van der Waals surface area contributed by atoms with Crippen molar-refractivity contribution < 1.29 is 22.8 Å². The number of rotatable bonds is 5. The first kappa shape index (κ1) is 19.5. The lowest BCUT2D eigenvalue weighted by Gasteiger charge is -2.34. The number of anilines is 1. The van der Waals surface area contributed by atoms with Gasteiger partial charge in [-0.1, -0.05) is 24.3 Å². The minimum absolute atomic E-state index is 0.199. The number of para-hydroxylation sites is 1. The summed E-state index contributed by atoms with van der Waals surface area (Å²) in [6.45, 7) is 2.45. The minimum atomic E-state index is -0.390. The Kier molecular flexibility index (Phi) is 5.28. The van der Waals surface area contributed by atoms with E-state index in [9.17, 15) is 9.18 Å². The third-order valence-electron chi connectivity index (χ3n) is 5.43. The highest BCUT2D eigenvalue weighted by Crippen LogP contribution is 2.40. The fourth-order valence-electron chi connectivity index (χ4n) is 4.01. The molecule has 2 aromatic carbocycles. The van der Waals surface area contributed by atoms with Gasteiger partial charge in [0.2, 0.25) is 0 Å². The summed E-state index contributed by atoms with van der Waals surface area (Å²) in [7, 11) is 0. The third-order valence-corrected chi connectivity index (χ3v) is 5.43. The predicted molar refractivity (Wildman–Crippen MR) is 114 cm³/mol. The van der Waals surface area contributed by atoms with Crippen molar-refractivity contribution in [1.29, 1.82) is 0 Å². The second-order valence-corrected chi connectivity index (χ2v) is 7.37. The molecule has 3 heterocycles. The molecule has 0 radical (unpaired) electrons. The molecule has 0 saturated carbocycles. The van der Waals surface area contributed by atoms with Crippen molar-refractivity contribution in [3.05, 3.63) is 89.8 Å². The molecule has 0 aliphatic carbocycles. The number of amides is 1. The maximum Gasteiger partial charge on any atom is 0.291 e. The SMILES string of the molecule is O=C(Nc1c([C@@H](c2cccc(F)c2)N2CCOCC2)oc2ccccc12)c1ccco1. The van der Waals surface area contributed by atoms with Crippen molar-refractivity contribution in [2.24, 2.45) is 0 Å². The third kappa shape index (κ3) is 3.85. The number of nitrogens with one attached hydrogen (secondary N) is 1. The van der Waals surface area contributed by atoms with Crippen LogP contribution in [0.25, 0.3) is 11.0 Å². The van der Waals surface area contributed by atoms with E-state index in [1.165, 1.54) is 18.4 Å². The lowest BCUT2D eigenvalue weighted by Crippen LogP contribution is -2.39. The first-order chi connectivity index (χ1) is 15.2. The van der Waals surface area contributed by atoms with Gasteiger partial charge in [-0.3, -0.25) is 9.69 Å². The van der Waals surface area contributed by atoms with Crippen molar-refractivity contribution >= 4 is 22.6 Å². The van der Waals surface area contributed by atoms with Crippen LogP contribution in [0.15, 0.2) is 75.8 Å². The van der Waals surface area contributed by atoms with Crippen LogP contribution in [0.3, 0.4) is 0 Å². The first-order valence-corrected chi connectivity index (χ1v) is 10.1. The Bertz CT molecular complexity index is 1200. The van der Waals surface area contributed by atoms with Gasteiger partial charge in [-0.2, -0.15) is 0 Å². The molecule has 1 aliphatic heterocycles. The van der Waals surface area contributed by atoms with Gasteiger partial charge in [0.25, 0.3) is 5.91 Å². The summed E-state index contributed by atoms with van der Waals surface area (Å²) in [6.07, 6.45) is 1.45. The van der Waals surface area contributed by atoms with E-state index in [-0.39, 0.29) is 23.5 Å². The average molecular weight is 420 g/mol. The fraction of sp³-hybridized carbons (Fsp3) is 0.208. The Morgan fingerprint density at radius 3 is 2.65 bits per heavy atom. The molecule has 0 spiro atoms. The molecular weight excluding hydrogens is 399 g/mol. The normalized spacial score (nSPS) is 15.8. The molecule has 1 aliphatic rings. The van der Waals surface area contributed by atoms with E-state index in [4.69, 9.17) is 13.6 Å². The number of ether oxygens (including phenoxy) is 1. The lowest BCUT2D eigenvalue weighted by atomic mass is 10.00. The predicted octanol–water partition coefficient (Wildman–Crippen LogP) is 4.84. The summed E-state index contributed by atoms with van der Waals surface area (Å²) in [5.41, 5.74) is 1.94.